The molecule has 1 aromatic heterocycles. The summed E-state index contributed by atoms with van der Waals surface area (Å²) in [5, 5.41) is 5.87. The van der Waals surface area contributed by atoms with Gasteiger partial charge in [0.2, 0.25) is 5.91 Å². The molecule has 0 radical (unpaired) electrons. The molecule has 3 atom stereocenters. The third-order valence-electron chi connectivity index (χ3n) is 5.82. The molecule has 0 aliphatic carbocycles. The van der Waals surface area contributed by atoms with Crippen LogP contribution in [0.1, 0.15) is 51.6 Å². The van der Waals surface area contributed by atoms with Gasteiger partial charge in [0.25, 0.3) is 5.56 Å². The standard InChI is InChI=1S/C21H32N4O3/c1-4-5-9-22-20(27)19(14(2)3)23-21(28)24-11-15-10-16(13-24)17-7-6-8-18(26)25(17)12-15/h6-8,14-16,19H,4-5,9-13H2,1-3H3,(H,22,27)(H,23,28)/t15-,16-,19-/m0/s1. The second kappa shape index (κ2) is 8.80. The third kappa shape index (κ3) is 4.39. The Morgan fingerprint density at radius 3 is 2.71 bits per heavy atom. The molecule has 2 aliphatic heterocycles. The smallest absolute Gasteiger partial charge is 0.318 e. The van der Waals surface area contributed by atoms with Crippen LogP contribution in [0, 0.1) is 11.8 Å². The van der Waals surface area contributed by atoms with Crippen LogP contribution in [0.5, 0.6) is 0 Å². The van der Waals surface area contributed by atoms with E-state index in [-0.39, 0.29) is 35.3 Å². The maximum absolute atomic E-state index is 12.9. The van der Waals surface area contributed by atoms with Gasteiger partial charge in [-0.25, -0.2) is 4.79 Å². The number of nitrogens with zero attached hydrogens (tertiary/aromatic N) is 2. The van der Waals surface area contributed by atoms with Gasteiger partial charge in [-0.1, -0.05) is 33.3 Å². The summed E-state index contributed by atoms with van der Waals surface area (Å²) in [5.41, 5.74) is 1.05. The van der Waals surface area contributed by atoms with Crippen molar-refractivity contribution in [2.75, 3.05) is 19.6 Å². The molecule has 0 aromatic carbocycles. The zero-order valence-electron chi connectivity index (χ0n) is 17.1. The van der Waals surface area contributed by atoms with Gasteiger partial charge < -0.3 is 20.1 Å². The minimum Gasteiger partial charge on any atom is -0.354 e. The van der Waals surface area contributed by atoms with Crippen LogP contribution in [0.2, 0.25) is 0 Å². The zero-order chi connectivity index (χ0) is 20.3. The van der Waals surface area contributed by atoms with Gasteiger partial charge in [-0.2, -0.15) is 0 Å². The third-order valence-corrected chi connectivity index (χ3v) is 5.82. The van der Waals surface area contributed by atoms with Crippen molar-refractivity contribution in [1.82, 2.24) is 20.1 Å². The number of carbonyl (C=O) groups excluding carboxylic acids is 2. The predicted molar refractivity (Wildman–Crippen MR) is 108 cm³/mol. The number of aromatic nitrogens is 1. The molecule has 0 unspecified atom stereocenters. The van der Waals surface area contributed by atoms with E-state index in [2.05, 4.69) is 17.6 Å². The fourth-order valence-electron chi connectivity index (χ4n) is 4.32. The summed E-state index contributed by atoms with van der Waals surface area (Å²) < 4.78 is 1.85. The number of hydrogen-bond donors (Lipinski definition) is 2. The van der Waals surface area contributed by atoms with Gasteiger partial charge in [0.05, 0.1) is 0 Å². The summed E-state index contributed by atoms with van der Waals surface area (Å²) in [6, 6.07) is 4.65. The molecule has 154 valence electrons. The number of amides is 3. The number of carbonyl (C=O) groups is 2. The Morgan fingerprint density at radius 1 is 1.21 bits per heavy atom. The Bertz CT molecular complexity index is 773. The number of pyridine rings is 1. The number of rotatable bonds is 6. The molecule has 3 amide bonds. The molecule has 1 saturated heterocycles. The van der Waals surface area contributed by atoms with E-state index in [1.807, 2.05) is 29.4 Å². The first-order chi connectivity index (χ1) is 13.4. The van der Waals surface area contributed by atoms with Crippen LogP contribution in [0.4, 0.5) is 4.79 Å². The lowest BCUT2D eigenvalue weighted by Gasteiger charge is -2.43. The van der Waals surface area contributed by atoms with Crippen molar-refractivity contribution in [2.24, 2.45) is 11.8 Å². The lowest BCUT2D eigenvalue weighted by molar-refractivity contribution is -0.123. The molecular formula is C21H32N4O3. The Hall–Kier alpha value is -2.31. The van der Waals surface area contributed by atoms with E-state index in [1.54, 1.807) is 12.1 Å². The quantitative estimate of drug-likeness (QED) is 0.731. The number of urea groups is 1. The van der Waals surface area contributed by atoms with E-state index in [1.165, 1.54) is 0 Å². The van der Waals surface area contributed by atoms with E-state index >= 15 is 0 Å². The van der Waals surface area contributed by atoms with E-state index in [9.17, 15) is 14.4 Å². The number of likely N-dealkylation sites (tertiary alicyclic amines) is 1. The van der Waals surface area contributed by atoms with E-state index < -0.39 is 6.04 Å². The van der Waals surface area contributed by atoms with Crippen molar-refractivity contribution < 1.29 is 9.59 Å². The minimum atomic E-state index is -0.541. The molecule has 0 spiro atoms. The molecule has 0 saturated carbocycles. The van der Waals surface area contributed by atoms with Crippen molar-refractivity contribution >= 4 is 11.9 Å². The normalized spacial score (nSPS) is 21.8. The Morgan fingerprint density at radius 2 is 2.00 bits per heavy atom. The first-order valence-electron chi connectivity index (χ1n) is 10.4. The summed E-state index contributed by atoms with van der Waals surface area (Å²) >= 11 is 0. The highest BCUT2D eigenvalue weighted by molar-refractivity contribution is 5.87. The van der Waals surface area contributed by atoms with Crippen molar-refractivity contribution in [3.63, 3.8) is 0 Å². The minimum absolute atomic E-state index is 0.00849. The van der Waals surface area contributed by atoms with Gasteiger partial charge in [0.15, 0.2) is 0 Å². The first-order valence-corrected chi connectivity index (χ1v) is 10.4. The van der Waals surface area contributed by atoms with Gasteiger partial charge in [0, 0.05) is 43.9 Å². The van der Waals surface area contributed by atoms with Crippen LogP contribution in [0.15, 0.2) is 23.0 Å². The van der Waals surface area contributed by atoms with Crippen LogP contribution in [0.3, 0.4) is 0 Å². The summed E-state index contributed by atoms with van der Waals surface area (Å²) in [6.07, 6.45) is 2.94. The van der Waals surface area contributed by atoms with Gasteiger partial charge in [-0.05, 0) is 30.7 Å². The molecule has 3 rings (SSSR count). The number of fused-ring (bicyclic) bond motifs is 4. The average molecular weight is 389 g/mol. The van der Waals surface area contributed by atoms with E-state index in [0.717, 1.165) is 25.0 Å². The Kier molecular flexibility index (Phi) is 6.42. The SMILES string of the molecule is CCCCNC(=O)[C@@H](NC(=O)N1C[C@@H]2C[C@@H](C1)c1cccc(=O)n1C2)C(C)C. The Labute approximate surface area is 166 Å². The first kappa shape index (κ1) is 20.4. The topological polar surface area (TPSA) is 83.4 Å². The lowest BCUT2D eigenvalue weighted by atomic mass is 9.83. The average Bonchev–Trinajstić information content (AvgIpc) is 2.66. The Balaban J connectivity index is 1.66. The van der Waals surface area contributed by atoms with Gasteiger partial charge >= 0.3 is 6.03 Å². The summed E-state index contributed by atoms with van der Waals surface area (Å²) in [6.45, 7) is 8.44. The number of nitrogens with one attached hydrogen (secondary N) is 2. The number of piperidine rings is 1. The van der Waals surface area contributed by atoms with E-state index in [4.69, 9.17) is 0 Å². The summed E-state index contributed by atoms with van der Waals surface area (Å²) in [5.74, 6) is 0.330. The highest BCUT2D eigenvalue weighted by atomic mass is 16.2. The monoisotopic (exact) mass is 388 g/mol. The number of hydrogen-bond acceptors (Lipinski definition) is 3. The van der Waals surface area contributed by atoms with Crippen molar-refractivity contribution in [3.8, 4) is 0 Å². The molecule has 7 nitrogen and oxygen atoms in total. The molecule has 7 heteroatoms. The zero-order valence-corrected chi connectivity index (χ0v) is 17.1. The molecule has 3 heterocycles. The van der Waals surface area contributed by atoms with Crippen molar-refractivity contribution in [3.05, 3.63) is 34.2 Å². The van der Waals surface area contributed by atoms with Crippen molar-refractivity contribution in [2.45, 2.75) is 58.5 Å². The second-order valence-electron chi connectivity index (χ2n) is 8.42. The number of unbranched alkanes of at least 4 members (excludes halogenated alkanes) is 1. The predicted octanol–water partition coefficient (Wildman–Crippen LogP) is 1.92. The molecular weight excluding hydrogens is 356 g/mol. The molecule has 28 heavy (non-hydrogen) atoms. The lowest BCUT2D eigenvalue weighted by Crippen LogP contribution is -2.57. The van der Waals surface area contributed by atoms with Crippen LogP contribution in [-0.2, 0) is 11.3 Å². The highest BCUT2D eigenvalue weighted by Gasteiger charge is 2.37. The maximum atomic E-state index is 12.9. The molecule has 2 bridgehead atoms. The molecule has 2 N–H and O–H groups in total. The van der Waals surface area contributed by atoms with E-state index in [0.29, 0.717) is 26.2 Å². The fraction of sp³-hybridized carbons (Fsp3) is 0.667. The van der Waals surface area contributed by atoms with Crippen LogP contribution < -0.4 is 16.2 Å². The highest BCUT2D eigenvalue weighted by Crippen LogP contribution is 2.34. The van der Waals surface area contributed by atoms with Gasteiger partial charge in [-0.3, -0.25) is 9.59 Å². The summed E-state index contributed by atoms with van der Waals surface area (Å²) in [7, 11) is 0. The fourth-order valence-corrected chi connectivity index (χ4v) is 4.32. The maximum Gasteiger partial charge on any atom is 0.318 e. The molecule has 1 aromatic rings. The van der Waals surface area contributed by atoms with Crippen LogP contribution >= 0.6 is 0 Å². The van der Waals surface area contributed by atoms with Gasteiger partial charge in [0.1, 0.15) is 6.04 Å². The van der Waals surface area contributed by atoms with Crippen molar-refractivity contribution in [1.29, 1.82) is 0 Å². The largest absolute Gasteiger partial charge is 0.354 e. The molecule has 2 aliphatic rings. The van der Waals surface area contributed by atoms with Crippen LogP contribution in [-0.4, -0.2) is 47.1 Å². The van der Waals surface area contributed by atoms with Crippen LogP contribution in [0.25, 0.3) is 0 Å². The van der Waals surface area contributed by atoms with Gasteiger partial charge in [-0.15, -0.1) is 0 Å². The molecule has 1 fully saturated rings. The second-order valence-corrected chi connectivity index (χ2v) is 8.42. The summed E-state index contributed by atoms with van der Waals surface area (Å²) in [4.78, 5) is 39.4.